The van der Waals surface area contributed by atoms with E-state index in [2.05, 4.69) is 10.3 Å². The Morgan fingerprint density at radius 1 is 1.39 bits per heavy atom. The van der Waals surface area contributed by atoms with Crippen molar-refractivity contribution in [3.8, 4) is 0 Å². The molecule has 1 atom stereocenters. The van der Waals surface area contributed by atoms with Crippen LogP contribution >= 0.6 is 0 Å². The molecule has 2 aromatic rings. The Labute approximate surface area is 104 Å². The summed E-state index contributed by atoms with van der Waals surface area (Å²) < 4.78 is 0. The lowest BCUT2D eigenvalue weighted by Gasteiger charge is -2.14. The Bertz CT molecular complexity index is 583. The van der Waals surface area contributed by atoms with Gasteiger partial charge in [-0.3, -0.25) is 0 Å². The number of aliphatic hydroxyl groups is 1. The van der Waals surface area contributed by atoms with Gasteiger partial charge < -0.3 is 15.5 Å². The van der Waals surface area contributed by atoms with Crippen molar-refractivity contribution in [1.82, 2.24) is 4.98 Å². The minimum Gasteiger partial charge on any atom is -0.478 e. The van der Waals surface area contributed by atoms with E-state index in [4.69, 9.17) is 10.2 Å². The molecule has 1 aromatic heterocycles. The quantitative estimate of drug-likeness (QED) is 0.765. The molecule has 3 N–H and O–H groups in total. The number of fused-ring (bicyclic) bond motifs is 1. The summed E-state index contributed by atoms with van der Waals surface area (Å²) in [5.74, 6) is -0.419. The van der Waals surface area contributed by atoms with E-state index in [1.54, 1.807) is 18.2 Å². The van der Waals surface area contributed by atoms with Gasteiger partial charge >= 0.3 is 5.97 Å². The maximum atomic E-state index is 11.1. The highest BCUT2D eigenvalue weighted by atomic mass is 16.4. The molecular weight excluding hydrogens is 232 g/mol. The van der Waals surface area contributed by atoms with Gasteiger partial charge in [-0.1, -0.05) is 24.3 Å². The molecule has 18 heavy (non-hydrogen) atoms. The van der Waals surface area contributed by atoms with Gasteiger partial charge in [0.25, 0.3) is 0 Å². The van der Waals surface area contributed by atoms with Gasteiger partial charge in [-0.05, 0) is 6.92 Å². The largest absolute Gasteiger partial charge is 0.478 e. The molecule has 5 nitrogen and oxygen atoms in total. The van der Waals surface area contributed by atoms with Crippen molar-refractivity contribution in [1.29, 1.82) is 0 Å². The summed E-state index contributed by atoms with van der Waals surface area (Å²) in [7, 11) is 0. The average Bonchev–Trinajstić information content (AvgIpc) is 2.38. The molecule has 2 rings (SSSR count). The Morgan fingerprint density at radius 2 is 2.06 bits per heavy atom. The van der Waals surface area contributed by atoms with Gasteiger partial charge in [0.1, 0.15) is 5.82 Å². The topological polar surface area (TPSA) is 82.5 Å². The monoisotopic (exact) mass is 246 g/mol. The molecule has 0 spiro atoms. The number of nitrogens with one attached hydrogen (secondary N) is 1. The van der Waals surface area contributed by atoms with Gasteiger partial charge in [-0.25, -0.2) is 9.78 Å². The highest BCUT2D eigenvalue weighted by Gasteiger charge is 2.12. The van der Waals surface area contributed by atoms with Crippen LogP contribution in [0.15, 0.2) is 30.5 Å². The highest BCUT2D eigenvalue weighted by molar-refractivity contribution is 6.06. The molecular formula is C13H14N2O3. The molecule has 0 aliphatic rings. The number of hydrogen-bond acceptors (Lipinski definition) is 4. The van der Waals surface area contributed by atoms with Crippen LogP contribution in [0.25, 0.3) is 10.8 Å². The zero-order chi connectivity index (χ0) is 13.1. The maximum Gasteiger partial charge on any atom is 0.337 e. The summed E-state index contributed by atoms with van der Waals surface area (Å²) in [4.78, 5) is 15.2. The Morgan fingerprint density at radius 3 is 2.67 bits per heavy atom. The van der Waals surface area contributed by atoms with Gasteiger partial charge in [-0.2, -0.15) is 0 Å². The second kappa shape index (κ2) is 5.01. The summed E-state index contributed by atoms with van der Waals surface area (Å²) in [5.41, 5.74) is 0.174. The van der Waals surface area contributed by atoms with Crippen LogP contribution in [-0.4, -0.2) is 33.8 Å². The molecule has 0 radical (unpaired) electrons. The van der Waals surface area contributed by atoms with Crippen molar-refractivity contribution in [2.75, 3.05) is 11.9 Å². The van der Waals surface area contributed by atoms with Crippen molar-refractivity contribution in [2.24, 2.45) is 0 Å². The first-order chi connectivity index (χ1) is 8.63. The average molecular weight is 246 g/mol. The van der Waals surface area contributed by atoms with Gasteiger partial charge in [0.15, 0.2) is 0 Å². The number of rotatable bonds is 4. The first kappa shape index (κ1) is 12.3. The van der Waals surface area contributed by atoms with E-state index in [9.17, 15) is 4.79 Å². The molecule has 0 saturated carbocycles. The zero-order valence-electron chi connectivity index (χ0n) is 9.92. The van der Waals surface area contributed by atoms with E-state index in [0.717, 1.165) is 5.39 Å². The molecule has 0 amide bonds. The predicted molar refractivity (Wildman–Crippen MR) is 68.9 cm³/mol. The SMILES string of the molecule is CC(CO)Nc1ncc(C(=O)O)c2ccccc12. The van der Waals surface area contributed by atoms with Crippen LogP contribution in [0.4, 0.5) is 5.82 Å². The molecule has 0 bridgehead atoms. The molecule has 1 heterocycles. The van der Waals surface area contributed by atoms with Gasteiger partial charge in [-0.15, -0.1) is 0 Å². The Hall–Kier alpha value is -2.14. The predicted octanol–water partition coefficient (Wildman–Crippen LogP) is 1.73. The second-order valence-corrected chi connectivity index (χ2v) is 4.10. The minimum atomic E-state index is -1.000. The van der Waals surface area contributed by atoms with E-state index >= 15 is 0 Å². The fourth-order valence-electron chi connectivity index (χ4n) is 1.76. The van der Waals surface area contributed by atoms with Crippen LogP contribution in [0, 0.1) is 0 Å². The van der Waals surface area contributed by atoms with Crippen LogP contribution in [0.2, 0.25) is 0 Å². The molecule has 1 unspecified atom stereocenters. The second-order valence-electron chi connectivity index (χ2n) is 4.10. The van der Waals surface area contributed by atoms with E-state index in [0.29, 0.717) is 11.2 Å². The molecule has 94 valence electrons. The van der Waals surface area contributed by atoms with E-state index < -0.39 is 5.97 Å². The maximum absolute atomic E-state index is 11.1. The van der Waals surface area contributed by atoms with Gasteiger partial charge in [0.05, 0.1) is 12.2 Å². The van der Waals surface area contributed by atoms with E-state index in [1.165, 1.54) is 6.20 Å². The number of hydrogen-bond donors (Lipinski definition) is 3. The van der Waals surface area contributed by atoms with Crippen molar-refractivity contribution in [3.63, 3.8) is 0 Å². The van der Waals surface area contributed by atoms with Crippen molar-refractivity contribution >= 4 is 22.6 Å². The molecule has 0 fully saturated rings. The number of carbonyl (C=O) groups is 1. The number of nitrogens with zero attached hydrogens (tertiary/aromatic N) is 1. The van der Waals surface area contributed by atoms with Gasteiger partial charge in [0, 0.05) is 23.0 Å². The summed E-state index contributed by atoms with van der Waals surface area (Å²) in [6.07, 6.45) is 1.33. The van der Waals surface area contributed by atoms with E-state index in [1.807, 2.05) is 13.0 Å². The normalized spacial score (nSPS) is 12.3. The number of aromatic carboxylic acids is 1. The van der Waals surface area contributed by atoms with Crippen LogP contribution in [0.5, 0.6) is 0 Å². The lowest BCUT2D eigenvalue weighted by Crippen LogP contribution is -2.20. The molecule has 0 aliphatic heterocycles. The Balaban J connectivity index is 2.57. The fourth-order valence-corrected chi connectivity index (χ4v) is 1.76. The first-order valence-electron chi connectivity index (χ1n) is 5.62. The van der Waals surface area contributed by atoms with Crippen LogP contribution in [-0.2, 0) is 0 Å². The van der Waals surface area contributed by atoms with Crippen LogP contribution in [0.1, 0.15) is 17.3 Å². The van der Waals surface area contributed by atoms with Crippen molar-refractivity contribution in [3.05, 3.63) is 36.0 Å². The zero-order valence-corrected chi connectivity index (χ0v) is 9.92. The number of aliphatic hydroxyl groups excluding tert-OH is 1. The summed E-state index contributed by atoms with van der Waals surface area (Å²) in [6, 6.07) is 7.02. The third-order valence-electron chi connectivity index (χ3n) is 2.68. The summed E-state index contributed by atoms with van der Waals surface area (Å²) in [5, 5.41) is 22.5. The molecule has 0 saturated heterocycles. The number of carboxylic acid groups (broad SMARTS) is 1. The molecule has 1 aromatic carbocycles. The number of anilines is 1. The highest BCUT2D eigenvalue weighted by Crippen LogP contribution is 2.24. The van der Waals surface area contributed by atoms with Crippen molar-refractivity contribution in [2.45, 2.75) is 13.0 Å². The van der Waals surface area contributed by atoms with Crippen molar-refractivity contribution < 1.29 is 15.0 Å². The number of aromatic nitrogens is 1. The lowest BCUT2D eigenvalue weighted by molar-refractivity contribution is 0.0698. The number of benzene rings is 1. The van der Waals surface area contributed by atoms with Gasteiger partial charge in [0.2, 0.25) is 0 Å². The van der Waals surface area contributed by atoms with E-state index in [-0.39, 0.29) is 18.2 Å². The first-order valence-corrected chi connectivity index (χ1v) is 5.62. The number of carboxylic acids is 1. The third-order valence-corrected chi connectivity index (χ3v) is 2.68. The summed E-state index contributed by atoms with van der Waals surface area (Å²) >= 11 is 0. The number of pyridine rings is 1. The van der Waals surface area contributed by atoms with Crippen LogP contribution in [0.3, 0.4) is 0 Å². The standard InChI is InChI=1S/C13H14N2O3/c1-8(7-16)15-12-10-5-3-2-4-9(10)11(6-14-12)13(17)18/h2-6,8,16H,7H2,1H3,(H,14,15)(H,17,18). The molecule has 0 aliphatic carbocycles. The van der Waals surface area contributed by atoms with Crippen LogP contribution < -0.4 is 5.32 Å². The Kier molecular flexibility index (Phi) is 3.43. The lowest BCUT2D eigenvalue weighted by atomic mass is 10.1. The molecule has 5 heteroatoms. The minimum absolute atomic E-state index is 0.0172. The summed E-state index contributed by atoms with van der Waals surface area (Å²) in [6.45, 7) is 1.80. The third kappa shape index (κ3) is 2.26. The smallest absolute Gasteiger partial charge is 0.337 e. The fraction of sp³-hybridized carbons (Fsp3) is 0.231.